The van der Waals surface area contributed by atoms with Crippen molar-refractivity contribution in [2.75, 3.05) is 0 Å². The van der Waals surface area contributed by atoms with Crippen LogP contribution in [0.4, 0.5) is 0 Å². The summed E-state index contributed by atoms with van der Waals surface area (Å²) in [5, 5.41) is 8.98. The van der Waals surface area contributed by atoms with E-state index in [1.54, 1.807) is 0 Å². The van der Waals surface area contributed by atoms with E-state index < -0.39 is 10.7 Å². The minimum atomic E-state index is -0.720. The van der Waals surface area contributed by atoms with Crippen molar-refractivity contribution in [1.82, 2.24) is 0 Å². The Labute approximate surface area is 77.8 Å². The van der Waals surface area contributed by atoms with Crippen LogP contribution < -0.4 is 0 Å². The highest BCUT2D eigenvalue weighted by Crippen LogP contribution is 2.49. The molecular formula is C9H14O2S. The normalized spacial score (nSPS) is 46.1. The van der Waals surface area contributed by atoms with Gasteiger partial charge in [0.05, 0.1) is 0 Å². The molecule has 2 aliphatic carbocycles. The minimum Gasteiger partial charge on any atom is -0.480 e. The second-order valence-corrected chi connectivity index (χ2v) is 5.15. The quantitative estimate of drug-likeness (QED) is 0.614. The highest BCUT2D eigenvalue weighted by atomic mass is 32.1. The summed E-state index contributed by atoms with van der Waals surface area (Å²) in [6, 6.07) is 0. The Morgan fingerprint density at radius 3 is 2.25 bits per heavy atom. The Morgan fingerprint density at radius 2 is 1.83 bits per heavy atom. The molecule has 2 atom stereocenters. The average molecular weight is 186 g/mol. The third kappa shape index (κ3) is 1.24. The van der Waals surface area contributed by atoms with E-state index in [1.807, 2.05) is 0 Å². The van der Waals surface area contributed by atoms with Gasteiger partial charge in [0.25, 0.3) is 0 Å². The SMILES string of the molecule is O=C(O)C1(S)CC2CCC(C2)C1. The van der Waals surface area contributed by atoms with Crippen molar-refractivity contribution in [2.24, 2.45) is 11.8 Å². The molecule has 0 heterocycles. The van der Waals surface area contributed by atoms with E-state index in [4.69, 9.17) is 5.11 Å². The lowest BCUT2D eigenvalue weighted by atomic mass is 9.80. The zero-order chi connectivity index (χ0) is 8.77. The van der Waals surface area contributed by atoms with E-state index in [-0.39, 0.29) is 0 Å². The molecule has 0 spiro atoms. The van der Waals surface area contributed by atoms with Crippen LogP contribution in [0.15, 0.2) is 0 Å². The van der Waals surface area contributed by atoms with Gasteiger partial charge in [0, 0.05) is 0 Å². The molecule has 2 fully saturated rings. The average Bonchev–Trinajstić information content (AvgIpc) is 2.30. The molecule has 2 aliphatic rings. The highest BCUT2D eigenvalue weighted by molar-refractivity contribution is 7.82. The van der Waals surface area contributed by atoms with Gasteiger partial charge in [-0.2, -0.15) is 12.6 Å². The molecule has 0 aliphatic heterocycles. The molecule has 0 radical (unpaired) electrons. The Hall–Kier alpha value is -0.180. The number of hydrogen-bond donors (Lipinski definition) is 2. The van der Waals surface area contributed by atoms with Crippen molar-refractivity contribution in [3.05, 3.63) is 0 Å². The van der Waals surface area contributed by atoms with Crippen LogP contribution >= 0.6 is 12.6 Å². The smallest absolute Gasteiger partial charge is 0.319 e. The monoisotopic (exact) mass is 186 g/mol. The van der Waals surface area contributed by atoms with Gasteiger partial charge in [0.2, 0.25) is 0 Å². The predicted octanol–water partition coefficient (Wildman–Crippen LogP) is 1.95. The van der Waals surface area contributed by atoms with Gasteiger partial charge >= 0.3 is 5.97 Å². The van der Waals surface area contributed by atoms with Gasteiger partial charge in [-0.05, 0) is 31.1 Å². The number of carboxylic acid groups (broad SMARTS) is 1. The fourth-order valence-corrected chi connectivity index (χ4v) is 3.28. The molecule has 0 amide bonds. The fraction of sp³-hybridized carbons (Fsp3) is 0.889. The Bertz CT molecular complexity index is 203. The number of carboxylic acids is 1. The summed E-state index contributed by atoms with van der Waals surface area (Å²) >= 11 is 4.30. The maximum Gasteiger partial charge on any atom is 0.319 e. The lowest BCUT2D eigenvalue weighted by molar-refractivity contribution is -0.141. The number of hydrogen-bond acceptors (Lipinski definition) is 2. The molecule has 0 aromatic carbocycles. The van der Waals surface area contributed by atoms with Crippen molar-refractivity contribution in [3.63, 3.8) is 0 Å². The second-order valence-electron chi connectivity index (χ2n) is 4.29. The van der Waals surface area contributed by atoms with E-state index in [0.717, 1.165) is 12.8 Å². The second kappa shape index (κ2) is 2.66. The summed E-state index contributed by atoms with van der Waals surface area (Å²) in [5.74, 6) is 0.553. The molecular weight excluding hydrogens is 172 g/mol. The lowest BCUT2D eigenvalue weighted by Crippen LogP contribution is -2.38. The molecule has 3 heteroatoms. The van der Waals surface area contributed by atoms with Gasteiger partial charge in [-0.1, -0.05) is 12.8 Å². The zero-order valence-corrected chi connectivity index (χ0v) is 7.89. The number of rotatable bonds is 1. The van der Waals surface area contributed by atoms with Gasteiger partial charge in [-0.3, -0.25) is 4.79 Å². The largest absolute Gasteiger partial charge is 0.480 e. The van der Waals surface area contributed by atoms with E-state index in [1.165, 1.54) is 19.3 Å². The number of fused-ring (bicyclic) bond motifs is 2. The topological polar surface area (TPSA) is 37.3 Å². The van der Waals surface area contributed by atoms with Crippen LogP contribution in [0.2, 0.25) is 0 Å². The van der Waals surface area contributed by atoms with Crippen LogP contribution in [-0.2, 0) is 4.79 Å². The van der Waals surface area contributed by atoms with Crippen LogP contribution in [0.25, 0.3) is 0 Å². The maximum absolute atomic E-state index is 10.9. The van der Waals surface area contributed by atoms with Crippen LogP contribution in [-0.4, -0.2) is 15.8 Å². The van der Waals surface area contributed by atoms with Crippen LogP contribution in [0.3, 0.4) is 0 Å². The summed E-state index contributed by atoms with van der Waals surface area (Å²) in [6.45, 7) is 0. The Kier molecular flexibility index (Phi) is 1.86. The van der Waals surface area contributed by atoms with Gasteiger partial charge < -0.3 is 5.11 Å². The zero-order valence-electron chi connectivity index (χ0n) is 6.99. The molecule has 0 aromatic rings. The molecule has 68 valence electrons. The minimum absolute atomic E-state index is 0.636. The molecule has 0 aromatic heterocycles. The van der Waals surface area contributed by atoms with E-state index in [2.05, 4.69) is 12.6 Å². The Balaban J connectivity index is 2.15. The van der Waals surface area contributed by atoms with Gasteiger partial charge in [-0.15, -0.1) is 0 Å². The van der Waals surface area contributed by atoms with Crippen molar-refractivity contribution in [3.8, 4) is 0 Å². The first-order valence-electron chi connectivity index (χ1n) is 4.56. The van der Waals surface area contributed by atoms with E-state index >= 15 is 0 Å². The highest BCUT2D eigenvalue weighted by Gasteiger charge is 2.46. The molecule has 2 nitrogen and oxygen atoms in total. The van der Waals surface area contributed by atoms with Crippen molar-refractivity contribution < 1.29 is 9.90 Å². The maximum atomic E-state index is 10.9. The molecule has 0 saturated heterocycles. The standard InChI is InChI=1S/C9H14O2S/c10-8(11)9(12)4-6-1-2-7(3-6)5-9/h6-7,12H,1-5H2,(H,10,11). The van der Waals surface area contributed by atoms with E-state index in [9.17, 15) is 4.79 Å². The van der Waals surface area contributed by atoms with Crippen molar-refractivity contribution in [2.45, 2.75) is 36.9 Å². The van der Waals surface area contributed by atoms with Gasteiger partial charge in [0.15, 0.2) is 0 Å². The first kappa shape index (κ1) is 8.42. The third-order valence-corrected chi connectivity index (χ3v) is 3.86. The summed E-state index contributed by atoms with van der Waals surface area (Å²) in [5.41, 5.74) is 0. The summed E-state index contributed by atoms with van der Waals surface area (Å²) < 4.78 is -0.704. The summed E-state index contributed by atoms with van der Waals surface area (Å²) in [7, 11) is 0. The van der Waals surface area contributed by atoms with E-state index in [0.29, 0.717) is 11.8 Å². The first-order chi connectivity index (χ1) is 5.60. The molecule has 12 heavy (non-hydrogen) atoms. The molecule has 2 saturated carbocycles. The van der Waals surface area contributed by atoms with Crippen molar-refractivity contribution in [1.29, 1.82) is 0 Å². The number of carbonyl (C=O) groups is 1. The van der Waals surface area contributed by atoms with Gasteiger partial charge in [0.1, 0.15) is 4.75 Å². The Morgan fingerprint density at radius 1 is 1.33 bits per heavy atom. The van der Waals surface area contributed by atoms with Crippen LogP contribution in [0.5, 0.6) is 0 Å². The van der Waals surface area contributed by atoms with Crippen molar-refractivity contribution >= 4 is 18.6 Å². The molecule has 2 bridgehead atoms. The van der Waals surface area contributed by atoms with Gasteiger partial charge in [-0.25, -0.2) is 0 Å². The van der Waals surface area contributed by atoms with Crippen LogP contribution in [0, 0.1) is 11.8 Å². The number of aliphatic carboxylic acids is 1. The first-order valence-corrected chi connectivity index (χ1v) is 5.01. The summed E-state index contributed by atoms with van der Waals surface area (Å²) in [4.78, 5) is 10.9. The predicted molar refractivity (Wildman–Crippen MR) is 49.4 cm³/mol. The molecule has 2 rings (SSSR count). The fourth-order valence-electron chi connectivity index (χ4n) is 2.76. The number of thiol groups is 1. The summed E-state index contributed by atoms with van der Waals surface area (Å²) in [6.07, 6.45) is 5.25. The third-order valence-electron chi connectivity index (χ3n) is 3.30. The van der Waals surface area contributed by atoms with Crippen LogP contribution in [0.1, 0.15) is 32.1 Å². The molecule has 1 N–H and O–H groups in total. The molecule has 2 unspecified atom stereocenters. The lowest BCUT2D eigenvalue weighted by Gasteiger charge is -2.32.